The molecule has 2 saturated heterocycles. The van der Waals surface area contributed by atoms with Crippen LogP contribution in [0.2, 0.25) is 0 Å². The lowest BCUT2D eigenvalue weighted by atomic mass is 10.0. The molecule has 0 bridgehead atoms. The van der Waals surface area contributed by atoms with Crippen molar-refractivity contribution in [2.75, 3.05) is 14.2 Å². The van der Waals surface area contributed by atoms with Crippen LogP contribution < -0.4 is 9.47 Å². The van der Waals surface area contributed by atoms with Gasteiger partial charge in [-0.05, 0) is 13.8 Å². The lowest BCUT2D eigenvalue weighted by molar-refractivity contribution is -0.183. The summed E-state index contributed by atoms with van der Waals surface area (Å²) in [6, 6.07) is 0.235. The molecule has 22 heavy (non-hydrogen) atoms. The van der Waals surface area contributed by atoms with Crippen LogP contribution in [0.3, 0.4) is 0 Å². The molecule has 2 aliphatic rings. The fraction of sp³-hybridized carbons (Fsp3) is 0.600. The molecule has 3 heterocycles. The molecule has 3 rings (SSSR count). The van der Waals surface area contributed by atoms with Gasteiger partial charge in [0.15, 0.2) is 5.79 Å². The fourth-order valence-electron chi connectivity index (χ4n) is 2.89. The number of rotatable bonds is 4. The Bertz CT molecular complexity index is 577. The summed E-state index contributed by atoms with van der Waals surface area (Å²) in [5.74, 6) is -0.271. The number of aromatic nitrogens is 2. The number of fused-ring (bicyclic) bond motifs is 1. The molecule has 1 aromatic heterocycles. The van der Waals surface area contributed by atoms with Crippen molar-refractivity contribution in [3.05, 3.63) is 24.4 Å². The van der Waals surface area contributed by atoms with Crippen molar-refractivity contribution >= 4 is 0 Å². The molecule has 120 valence electrons. The summed E-state index contributed by atoms with van der Waals surface area (Å²) < 4.78 is 28.3. The molecule has 0 aliphatic carbocycles. The minimum Gasteiger partial charge on any atom is -0.481 e. The number of methoxy groups -OCH3 is 2. The molecule has 1 unspecified atom stereocenters. The highest BCUT2D eigenvalue weighted by atomic mass is 16.8. The summed E-state index contributed by atoms with van der Waals surface area (Å²) in [6.07, 6.45) is 2.21. The molecular weight excluding hydrogens is 288 g/mol. The second kappa shape index (κ2) is 5.49. The Morgan fingerprint density at radius 1 is 1.23 bits per heavy atom. The highest BCUT2D eigenvalue weighted by Crippen LogP contribution is 2.46. The minimum absolute atomic E-state index is 0.218. The third kappa shape index (κ3) is 2.45. The topological polar surface area (TPSA) is 71.9 Å². The van der Waals surface area contributed by atoms with E-state index in [1.165, 1.54) is 7.11 Å². The molecule has 1 aromatic rings. The normalized spacial score (nSPS) is 32.5. The Morgan fingerprint density at radius 3 is 2.59 bits per heavy atom. The monoisotopic (exact) mass is 308 g/mol. The quantitative estimate of drug-likeness (QED) is 0.783. The summed E-state index contributed by atoms with van der Waals surface area (Å²) in [5.41, 5.74) is 0.698. The average Bonchev–Trinajstić information content (AvgIpc) is 2.99. The van der Waals surface area contributed by atoms with Gasteiger partial charge in [0.1, 0.15) is 24.4 Å². The molecule has 0 spiro atoms. The third-order valence-corrected chi connectivity index (χ3v) is 3.76. The smallest absolute Gasteiger partial charge is 0.319 e. The zero-order valence-corrected chi connectivity index (χ0v) is 13.1. The van der Waals surface area contributed by atoms with E-state index < -0.39 is 11.9 Å². The number of hydrogen-bond donors (Lipinski definition) is 0. The van der Waals surface area contributed by atoms with Crippen molar-refractivity contribution in [3.8, 4) is 11.9 Å². The minimum atomic E-state index is -0.667. The van der Waals surface area contributed by atoms with Gasteiger partial charge >= 0.3 is 6.01 Å². The highest BCUT2D eigenvalue weighted by Gasteiger charge is 2.55. The van der Waals surface area contributed by atoms with Crippen LogP contribution in [0.5, 0.6) is 11.9 Å². The Hall–Kier alpha value is -1.70. The maximum Gasteiger partial charge on any atom is 0.319 e. The van der Waals surface area contributed by atoms with Gasteiger partial charge in [-0.25, -0.2) is 4.98 Å². The Morgan fingerprint density at radius 2 is 1.95 bits per heavy atom. The van der Waals surface area contributed by atoms with Crippen LogP contribution in [0.15, 0.2) is 18.9 Å². The summed E-state index contributed by atoms with van der Waals surface area (Å²) in [5, 5.41) is 0. The first-order chi connectivity index (χ1) is 10.5. The number of hydrogen-bond acceptors (Lipinski definition) is 7. The van der Waals surface area contributed by atoms with E-state index in [2.05, 4.69) is 16.5 Å². The van der Waals surface area contributed by atoms with Crippen LogP contribution in [0, 0.1) is 0 Å². The zero-order chi connectivity index (χ0) is 15.9. The van der Waals surface area contributed by atoms with E-state index in [9.17, 15) is 0 Å². The third-order valence-electron chi connectivity index (χ3n) is 3.76. The fourth-order valence-corrected chi connectivity index (χ4v) is 2.89. The first kappa shape index (κ1) is 15.2. The first-order valence-corrected chi connectivity index (χ1v) is 7.07. The molecule has 0 radical (unpaired) electrons. The summed E-state index contributed by atoms with van der Waals surface area (Å²) in [6.45, 7) is 7.56. The Kier molecular flexibility index (Phi) is 3.80. The summed E-state index contributed by atoms with van der Waals surface area (Å²) in [7, 11) is 3.04. The summed E-state index contributed by atoms with van der Waals surface area (Å²) in [4.78, 5) is 8.33. The van der Waals surface area contributed by atoms with Crippen molar-refractivity contribution < 1.29 is 23.7 Å². The summed E-state index contributed by atoms with van der Waals surface area (Å²) >= 11 is 0. The predicted octanol–water partition coefficient (Wildman–Crippen LogP) is 1.64. The molecule has 2 fully saturated rings. The molecule has 7 nitrogen and oxygen atoms in total. The lowest BCUT2D eigenvalue weighted by Crippen LogP contribution is -2.27. The Labute approximate surface area is 129 Å². The van der Waals surface area contributed by atoms with Gasteiger partial charge in [0, 0.05) is 6.20 Å². The van der Waals surface area contributed by atoms with E-state index in [1.807, 2.05) is 13.8 Å². The van der Waals surface area contributed by atoms with Gasteiger partial charge in [-0.2, -0.15) is 4.98 Å². The van der Waals surface area contributed by atoms with Gasteiger partial charge in [0.25, 0.3) is 0 Å². The van der Waals surface area contributed by atoms with Gasteiger partial charge in [0.05, 0.1) is 19.8 Å². The molecule has 2 aliphatic heterocycles. The van der Waals surface area contributed by atoms with E-state index in [0.29, 0.717) is 11.4 Å². The van der Waals surface area contributed by atoms with Gasteiger partial charge < -0.3 is 23.7 Å². The van der Waals surface area contributed by atoms with E-state index in [-0.39, 0.29) is 24.3 Å². The SMILES string of the molecule is C=C[C@H]1O[C@@H](c2cnc(OC)nc2OC)C2OC(C)(C)O[C@@H]21. The molecule has 0 saturated carbocycles. The maximum absolute atomic E-state index is 6.00. The van der Waals surface area contributed by atoms with Gasteiger partial charge in [-0.3, -0.25) is 0 Å². The Balaban J connectivity index is 1.96. The van der Waals surface area contributed by atoms with E-state index >= 15 is 0 Å². The second-order valence-electron chi connectivity index (χ2n) is 5.64. The molecule has 0 aromatic carbocycles. The van der Waals surface area contributed by atoms with Crippen LogP contribution in [0.4, 0.5) is 0 Å². The molecule has 0 amide bonds. The second-order valence-corrected chi connectivity index (χ2v) is 5.64. The van der Waals surface area contributed by atoms with E-state index in [4.69, 9.17) is 23.7 Å². The number of ether oxygens (including phenoxy) is 5. The van der Waals surface area contributed by atoms with Gasteiger partial charge in [-0.1, -0.05) is 6.08 Å². The van der Waals surface area contributed by atoms with Crippen molar-refractivity contribution in [2.45, 2.75) is 44.1 Å². The van der Waals surface area contributed by atoms with Crippen LogP contribution >= 0.6 is 0 Å². The van der Waals surface area contributed by atoms with Crippen LogP contribution in [-0.4, -0.2) is 48.3 Å². The van der Waals surface area contributed by atoms with Crippen LogP contribution in [-0.2, 0) is 14.2 Å². The van der Waals surface area contributed by atoms with E-state index in [1.54, 1.807) is 19.4 Å². The molecule has 0 N–H and O–H groups in total. The largest absolute Gasteiger partial charge is 0.481 e. The lowest BCUT2D eigenvalue weighted by Gasteiger charge is -2.23. The van der Waals surface area contributed by atoms with Crippen molar-refractivity contribution in [1.82, 2.24) is 9.97 Å². The molecule has 4 atom stereocenters. The predicted molar refractivity (Wildman–Crippen MR) is 76.8 cm³/mol. The van der Waals surface area contributed by atoms with Crippen molar-refractivity contribution in [3.63, 3.8) is 0 Å². The standard InChI is InChI=1S/C15H20N2O5/c1-6-9-11-12(22-15(2,3)21-11)10(20-9)8-7-16-14(19-5)17-13(8)18-4/h6-7,9-12H,1H2,2-5H3/t9-,10+,11-,12?/m1/s1. The van der Waals surface area contributed by atoms with Crippen LogP contribution in [0.1, 0.15) is 25.5 Å². The van der Waals surface area contributed by atoms with Gasteiger partial charge in [-0.15, -0.1) is 6.58 Å². The first-order valence-electron chi connectivity index (χ1n) is 7.07. The molecule has 7 heteroatoms. The highest BCUT2D eigenvalue weighted by molar-refractivity contribution is 5.30. The van der Waals surface area contributed by atoms with Crippen molar-refractivity contribution in [1.29, 1.82) is 0 Å². The zero-order valence-electron chi connectivity index (χ0n) is 13.1. The molecular formula is C15H20N2O5. The van der Waals surface area contributed by atoms with Crippen molar-refractivity contribution in [2.24, 2.45) is 0 Å². The maximum atomic E-state index is 6.00. The van der Waals surface area contributed by atoms with Crippen LogP contribution in [0.25, 0.3) is 0 Å². The average molecular weight is 308 g/mol. The number of nitrogens with zero attached hydrogens (tertiary/aromatic N) is 2. The van der Waals surface area contributed by atoms with Gasteiger partial charge in [0.2, 0.25) is 5.88 Å². The van der Waals surface area contributed by atoms with E-state index in [0.717, 1.165) is 0 Å².